The minimum Gasteiger partial charge on any atom is -0.394 e. The van der Waals surface area contributed by atoms with Gasteiger partial charge in [-0.1, -0.05) is 6.08 Å². The first kappa shape index (κ1) is 14.7. The average Bonchev–Trinajstić information content (AvgIpc) is 2.83. The summed E-state index contributed by atoms with van der Waals surface area (Å²) in [6.07, 6.45) is 7.54. The Morgan fingerprint density at radius 2 is 2.10 bits per heavy atom. The molecule has 0 saturated heterocycles. The van der Waals surface area contributed by atoms with E-state index < -0.39 is 0 Å². The van der Waals surface area contributed by atoms with Crippen LogP contribution in [0.15, 0.2) is 34.8 Å². The number of rotatable bonds is 4. The highest BCUT2D eigenvalue weighted by atomic mass is 15.3. The first-order valence-corrected chi connectivity index (χ1v) is 7.17. The smallest absolute Gasteiger partial charge is 0.144 e. The molecule has 0 unspecified atom stereocenters. The molecule has 0 fully saturated rings. The zero-order chi connectivity index (χ0) is 14.8. The second-order valence-corrected chi connectivity index (χ2v) is 6.46. The van der Waals surface area contributed by atoms with Crippen molar-refractivity contribution in [3.05, 3.63) is 34.8 Å². The lowest BCUT2D eigenvalue weighted by atomic mass is 10.1. The Morgan fingerprint density at radius 1 is 1.35 bits per heavy atom. The fourth-order valence-electron chi connectivity index (χ4n) is 2.39. The Balaban J connectivity index is 1.93. The minimum atomic E-state index is 0.299. The molecule has 0 radical (unpaired) electrons. The molecule has 20 heavy (non-hydrogen) atoms. The van der Waals surface area contributed by atoms with E-state index in [1.54, 1.807) is 0 Å². The molecule has 0 bridgehead atoms. The second kappa shape index (κ2) is 5.71. The highest BCUT2D eigenvalue weighted by Crippen LogP contribution is 2.29. The molecule has 1 aliphatic heterocycles. The normalized spacial score (nSPS) is 20.6. The number of allylic oxidation sites excluding steroid dienone is 4. The number of nitrogens with one attached hydrogen (secondary N) is 3. The van der Waals surface area contributed by atoms with Gasteiger partial charge in [0.15, 0.2) is 0 Å². The summed E-state index contributed by atoms with van der Waals surface area (Å²) in [4.78, 5) is 0. The van der Waals surface area contributed by atoms with Gasteiger partial charge in [-0.15, -0.1) is 0 Å². The monoisotopic (exact) mass is 276 g/mol. The van der Waals surface area contributed by atoms with E-state index in [4.69, 9.17) is 11.1 Å². The summed E-state index contributed by atoms with van der Waals surface area (Å²) in [5.74, 6) is 0.299. The van der Waals surface area contributed by atoms with Gasteiger partial charge in [-0.25, -0.2) is 0 Å². The van der Waals surface area contributed by atoms with Crippen LogP contribution >= 0.6 is 0 Å². The Morgan fingerprint density at radius 3 is 2.80 bits per heavy atom. The molecular weight excluding hydrogens is 250 g/mol. The van der Waals surface area contributed by atoms with E-state index in [2.05, 4.69) is 37.9 Å². The predicted octanol–water partition coefficient (Wildman–Crippen LogP) is 1.03. The quantitative estimate of drug-likeness (QED) is 0.352. The molecule has 0 amide bonds. The van der Waals surface area contributed by atoms with Crippen molar-refractivity contribution in [1.82, 2.24) is 10.6 Å². The Hall–Kier alpha value is -1.75. The van der Waals surface area contributed by atoms with Gasteiger partial charge in [-0.2, -0.15) is 0 Å². The fraction of sp³-hybridized carbons (Fsp3) is 0.533. The summed E-state index contributed by atoms with van der Waals surface area (Å²) < 4.78 is 0.866. The first-order valence-electron chi connectivity index (χ1n) is 7.17. The Labute approximate surface area is 121 Å². The van der Waals surface area contributed by atoms with Crippen LogP contribution < -0.4 is 16.4 Å². The average molecular weight is 276 g/mol. The van der Waals surface area contributed by atoms with Gasteiger partial charge in [0.05, 0.1) is 45.6 Å². The number of quaternary nitrogens is 1. The summed E-state index contributed by atoms with van der Waals surface area (Å²) in [5, 5.41) is 14.5. The third-order valence-electron chi connectivity index (χ3n) is 3.64. The van der Waals surface area contributed by atoms with Gasteiger partial charge >= 0.3 is 0 Å². The van der Waals surface area contributed by atoms with E-state index in [1.807, 2.05) is 6.08 Å². The largest absolute Gasteiger partial charge is 0.394 e. The van der Waals surface area contributed by atoms with Gasteiger partial charge in [0.2, 0.25) is 0 Å². The zero-order valence-electron chi connectivity index (χ0n) is 12.7. The van der Waals surface area contributed by atoms with Gasteiger partial charge in [-0.3, -0.25) is 5.41 Å². The van der Waals surface area contributed by atoms with Gasteiger partial charge in [-0.05, 0) is 30.9 Å². The molecule has 110 valence electrons. The van der Waals surface area contributed by atoms with E-state index in [0.717, 1.165) is 36.1 Å². The third-order valence-corrected chi connectivity index (χ3v) is 3.64. The van der Waals surface area contributed by atoms with Crippen LogP contribution in [0.2, 0.25) is 0 Å². The molecule has 5 N–H and O–H groups in total. The van der Waals surface area contributed by atoms with Crippen LogP contribution in [0.4, 0.5) is 0 Å². The summed E-state index contributed by atoms with van der Waals surface area (Å²) in [7, 11) is 6.39. The lowest BCUT2D eigenvalue weighted by Crippen LogP contribution is -2.43. The van der Waals surface area contributed by atoms with Crippen molar-refractivity contribution in [2.24, 2.45) is 5.73 Å². The summed E-state index contributed by atoms with van der Waals surface area (Å²) >= 11 is 0. The standard InChI is InChI=1S/C15H26N5/c1-20(2,3)10-9-18-15(17)14(16)13-8-7-11-5-4-6-12(11)19-13/h7-8,19H,4-6,9-10,16H2,1-3H3,(H2,17,18)/q+1/b14-13+. The topological polar surface area (TPSA) is 73.9 Å². The minimum absolute atomic E-state index is 0.299. The van der Waals surface area contributed by atoms with Crippen LogP contribution in [0.25, 0.3) is 0 Å². The van der Waals surface area contributed by atoms with Crippen molar-refractivity contribution in [2.45, 2.75) is 19.3 Å². The summed E-state index contributed by atoms with van der Waals surface area (Å²) in [6.45, 7) is 1.69. The highest BCUT2D eigenvalue weighted by molar-refractivity contribution is 5.96. The third kappa shape index (κ3) is 3.63. The highest BCUT2D eigenvalue weighted by Gasteiger charge is 2.18. The predicted molar refractivity (Wildman–Crippen MR) is 83.0 cm³/mol. The van der Waals surface area contributed by atoms with Crippen molar-refractivity contribution in [1.29, 1.82) is 5.41 Å². The van der Waals surface area contributed by atoms with Gasteiger partial charge in [0, 0.05) is 5.70 Å². The molecule has 2 aliphatic rings. The van der Waals surface area contributed by atoms with E-state index in [-0.39, 0.29) is 0 Å². The number of nitrogens with zero attached hydrogens (tertiary/aromatic N) is 1. The number of likely N-dealkylation sites (N-methyl/N-ethyl adjacent to an activating group) is 1. The van der Waals surface area contributed by atoms with Crippen molar-refractivity contribution in [3.63, 3.8) is 0 Å². The Kier molecular flexibility index (Phi) is 4.18. The van der Waals surface area contributed by atoms with Crippen LogP contribution in [0.3, 0.4) is 0 Å². The molecule has 0 saturated carbocycles. The number of hydrogen-bond acceptors (Lipinski definition) is 3. The van der Waals surface area contributed by atoms with Gasteiger partial charge < -0.3 is 20.9 Å². The lowest BCUT2D eigenvalue weighted by molar-refractivity contribution is -0.869. The maximum atomic E-state index is 8.04. The van der Waals surface area contributed by atoms with Crippen molar-refractivity contribution in [2.75, 3.05) is 34.2 Å². The van der Waals surface area contributed by atoms with Crippen LogP contribution in [0, 0.1) is 5.41 Å². The maximum Gasteiger partial charge on any atom is 0.144 e. The molecule has 5 heteroatoms. The van der Waals surface area contributed by atoms with Crippen LogP contribution in [-0.4, -0.2) is 44.6 Å². The molecule has 0 aromatic heterocycles. The fourth-order valence-corrected chi connectivity index (χ4v) is 2.39. The van der Waals surface area contributed by atoms with E-state index in [9.17, 15) is 0 Å². The molecule has 1 heterocycles. The van der Waals surface area contributed by atoms with E-state index in [0.29, 0.717) is 11.5 Å². The number of amidine groups is 1. The summed E-state index contributed by atoms with van der Waals surface area (Å²) in [5.41, 5.74) is 10.1. The number of dihydropyridines is 1. The Bertz CT molecular complexity index is 491. The molecule has 0 aromatic carbocycles. The van der Waals surface area contributed by atoms with Crippen LogP contribution in [0.5, 0.6) is 0 Å². The van der Waals surface area contributed by atoms with E-state index in [1.165, 1.54) is 17.7 Å². The van der Waals surface area contributed by atoms with Crippen LogP contribution in [0.1, 0.15) is 19.3 Å². The SMILES string of the molecule is C[N+](C)(C)CCNC(=N)/C(N)=C1/C=CC2=C(CCC2)N1. The molecule has 1 aliphatic carbocycles. The lowest BCUT2D eigenvalue weighted by Gasteiger charge is -2.24. The first-order chi connectivity index (χ1) is 9.37. The van der Waals surface area contributed by atoms with Gasteiger partial charge in [0.25, 0.3) is 0 Å². The molecule has 2 rings (SSSR count). The second-order valence-electron chi connectivity index (χ2n) is 6.46. The van der Waals surface area contributed by atoms with E-state index >= 15 is 0 Å². The van der Waals surface area contributed by atoms with Gasteiger partial charge in [0.1, 0.15) is 5.84 Å². The zero-order valence-corrected chi connectivity index (χ0v) is 12.7. The molecule has 0 atom stereocenters. The maximum absolute atomic E-state index is 8.04. The van der Waals surface area contributed by atoms with Crippen LogP contribution in [-0.2, 0) is 0 Å². The van der Waals surface area contributed by atoms with Crippen molar-refractivity contribution < 1.29 is 4.48 Å². The molecule has 0 aromatic rings. The number of hydrogen-bond donors (Lipinski definition) is 4. The molecule has 5 nitrogen and oxygen atoms in total. The summed E-state index contributed by atoms with van der Waals surface area (Å²) in [6, 6.07) is 0. The molecular formula is C15H26N5+. The number of nitrogens with two attached hydrogens (primary N) is 1. The molecule has 0 spiro atoms. The van der Waals surface area contributed by atoms with Crippen molar-refractivity contribution in [3.8, 4) is 0 Å². The van der Waals surface area contributed by atoms with Crippen molar-refractivity contribution >= 4 is 5.84 Å².